The fraction of sp³-hybridized carbons (Fsp3) is 0.526. The van der Waals surface area contributed by atoms with Gasteiger partial charge >= 0.3 is 0 Å². The highest BCUT2D eigenvalue weighted by Gasteiger charge is 2.29. The number of pyridine rings is 1. The lowest BCUT2D eigenvalue weighted by atomic mass is 10.1. The molecule has 1 aromatic heterocycles. The van der Waals surface area contributed by atoms with Crippen LogP contribution in [-0.4, -0.2) is 55.3 Å². The van der Waals surface area contributed by atoms with E-state index in [9.17, 15) is 0 Å². The van der Waals surface area contributed by atoms with Gasteiger partial charge in [-0.3, -0.25) is 9.88 Å². The molecule has 3 heterocycles. The van der Waals surface area contributed by atoms with E-state index in [1.165, 1.54) is 23.2 Å². The quantitative estimate of drug-likeness (QED) is 0.871. The third kappa shape index (κ3) is 2.93. The molecule has 0 radical (unpaired) electrons. The summed E-state index contributed by atoms with van der Waals surface area (Å²) >= 11 is 0. The summed E-state index contributed by atoms with van der Waals surface area (Å²) in [7, 11) is 0. The molecule has 23 heavy (non-hydrogen) atoms. The standard InChI is InChI=1S/C19H25N3O/c1-2-15-13-19(17-5-3-4-6-18(17)20-15)22-8-7-16(14-22)21-9-11-23-12-10-21/h3-6,13,16H,2,7-12,14H2,1H3. The van der Waals surface area contributed by atoms with E-state index in [2.05, 4.69) is 47.1 Å². The Morgan fingerprint density at radius 3 is 2.83 bits per heavy atom. The van der Waals surface area contributed by atoms with Gasteiger partial charge in [-0.05, 0) is 25.0 Å². The Hall–Kier alpha value is -1.65. The molecular weight excluding hydrogens is 286 g/mol. The number of rotatable bonds is 3. The zero-order valence-corrected chi connectivity index (χ0v) is 13.9. The first-order valence-electron chi connectivity index (χ1n) is 8.80. The van der Waals surface area contributed by atoms with E-state index in [0.717, 1.165) is 51.3 Å². The number of ether oxygens (including phenoxy) is 1. The summed E-state index contributed by atoms with van der Waals surface area (Å²) in [6, 6.07) is 11.5. The van der Waals surface area contributed by atoms with Crippen LogP contribution in [0.5, 0.6) is 0 Å². The highest BCUT2D eigenvalue weighted by Crippen LogP contribution is 2.31. The Morgan fingerprint density at radius 2 is 2.00 bits per heavy atom. The number of nitrogens with zero attached hydrogens (tertiary/aromatic N) is 3. The molecule has 4 nitrogen and oxygen atoms in total. The van der Waals surface area contributed by atoms with Crippen LogP contribution in [0, 0.1) is 0 Å². The van der Waals surface area contributed by atoms with Crippen molar-refractivity contribution in [3.05, 3.63) is 36.0 Å². The lowest BCUT2D eigenvalue weighted by Gasteiger charge is -2.32. The molecule has 0 amide bonds. The van der Waals surface area contributed by atoms with Gasteiger partial charge in [0.25, 0.3) is 0 Å². The predicted octanol–water partition coefficient (Wildman–Crippen LogP) is 2.71. The summed E-state index contributed by atoms with van der Waals surface area (Å²) in [5, 5.41) is 1.28. The number of hydrogen-bond acceptors (Lipinski definition) is 4. The smallest absolute Gasteiger partial charge is 0.0726 e. The Balaban J connectivity index is 1.61. The van der Waals surface area contributed by atoms with Gasteiger partial charge in [0.1, 0.15) is 0 Å². The number of fused-ring (bicyclic) bond motifs is 1. The van der Waals surface area contributed by atoms with E-state index >= 15 is 0 Å². The van der Waals surface area contributed by atoms with Crippen LogP contribution in [0.25, 0.3) is 10.9 Å². The van der Waals surface area contributed by atoms with Gasteiger partial charge in [-0.2, -0.15) is 0 Å². The van der Waals surface area contributed by atoms with Gasteiger partial charge < -0.3 is 9.64 Å². The molecule has 4 rings (SSSR count). The van der Waals surface area contributed by atoms with Gasteiger partial charge in [-0.15, -0.1) is 0 Å². The van der Waals surface area contributed by atoms with Gasteiger partial charge in [0.15, 0.2) is 0 Å². The monoisotopic (exact) mass is 311 g/mol. The topological polar surface area (TPSA) is 28.6 Å². The van der Waals surface area contributed by atoms with Crippen molar-refractivity contribution in [2.24, 2.45) is 0 Å². The number of para-hydroxylation sites is 1. The lowest BCUT2D eigenvalue weighted by Crippen LogP contribution is -2.44. The first-order chi connectivity index (χ1) is 11.3. The molecule has 2 aromatic rings. The second kappa shape index (κ2) is 6.46. The summed E-state index contributed by atoms with van der Waals surface area (Å²) in [6.45, 7) is 8.37. The van der Waals surface area contributed by atoms with E-state index in [-0.39, 0.29) is 0 Å². The van der Waals surface area contributed by atoms with Crippen LogP contribution in [0.1, 0.15) is 19.0 Å². The van der Waals surface area contributed by atoms with Crippen LogP contribution in [0.4, 0.5) is 5.69 Å². The third-order valence-electron chi connectivity index (χ3n) is 5.18. The summed E-state index contributed by atoms with van der Waals surface area (Å²) in [4.78, 5) is 9.94. The molecule has 0 spiro atoms. The van der Waals surface area contributed by atoms with Crippen LogP contribution in [-0.2, 0) is 11.2 Å². The minimum atomic E-state index is 0.663. The molecule has 1 aromatic carbocycles. The average molecular weight is 311 g/mol. The van der Waals surface area contributed by atoms with Crippen molar-refractivity contribution < 1.29 is 4.74 Å². The molecule has 2 saturated heterocycles. The molecule has 1 atom stereocenters. The van der Waals surface area contributed by atoms with Gasteiger partial charge in [-0.1, -0.05) is 25.1 Å². The number of morpholine rings is 1. The Kier molecular flexibility index (Phi) is 4.19. The molecule has 2 aliphatic heterocycles. The molecule has 0 N–H and O–H groups in total. The maximum atomic E-state index is 5.50. The van der Waals surface area contributed by atoms with E-state index in [0.29, 0.717) is 6.04 Å². The molecule has 1 unspecified atom stereocenters. The third-order valence-corrected chi connectivity index (χ3v) is 5.18. The SMILES string of the molecule is CCc1cc(N2CCC(N3CCOCC3)C2)c2ccccc2n1. The normalized spacial score (nSPS) is 22.8. The number of hydrogen-bond donors (Lipinski definition) is 0. The van der Waals surface area contributed by atoms with Crippen LogP contribution in [0.3, 0.4) is 0 Å². The number of anilines is 1. The second-order valence-electron chi connectivity index (χ2n) is 6.54. The molecule has 0 saturated carbocycles. The minimum absolute atomic E-state index is 0.663. The van der Waals surface area contributed by atoms with Crippen LogP contribution in [0.2, 0.25) is 0 Å². The predicted molar refractivity (Wildman–Crippen MR) is 94.1 cm³/mol. The zero-order valence-electron chi connectivity index (χ0n) is 13.9. The van der Waals surface area contributed by atoms with E-state index in [1.807, 2.05) is 0 Å². The van der Waals surface area contributed by atoms with Crippen molar-refractivity contribution in [2.45, 2.75) is 25.8 Å². The summed E-state index contributed by atoms with van der Waals surface area (Å²) in [5.41, 5.74) is 3.67. The maximum Gasteiger partial charge on any atom is 0.0726 e. The fourth-order valence-corrected chi connectivity index (χ4v) is 3.85. The van der Waals surface area contributed by atoms with Crippen LogP contribution in [0.15, 0.2) is 30.3 Å². The molecule has 2 aliphatic rings. The highest BCUT2D eigenvalue weighted by molar-refractivity contribution is 5.92. The van der Waals surface area contributed by atoms with E-state index in [4.69, 9.17) is 9.72 Å². The van der Waals surface area contributed by atoms with Gasteiger partial charge in [0.05, 0.1) is 18.7 Å². The molecule has 0 aliphatic carbocycles. The minimum Gasteiger partial charge on any atom is -0.379 e. The first-order valence-corrected chi connectivity index (χ1v) is 8.80. The van der Waals surface area contributed by atoms with Crippen molar-refractivity contribution in [1.29, 1.82) is 0 Å². The van der Waals surface area contributed by atoms with Crippen LogP contribution >= 0.6 is 0 Å². The molecule has 4 heteroatoms. The van der Waals surface area contributed by atoms with E-state index < -0.39 is 0 Å². The van der Waals surface area contributed by atoms with Crippen molar-refractivity contribution in [3.8, 4) is 0 Å². The average Bonchev–Trinajstić information content (AvgIpc) is 3.11. The van der Waals surface area contributed by atoms with Gasteiger partial charge in [-0.25, -0.2) is 0 Å². The number of aromatic nitrogens is 1. The maximum absolute atomic E-state index is 5.50. The number of benzene rings is 1. The molecule has 0 bridgehead atoms. The van der Waals surface area contributed by atoms with Crippen molar-refractivity contribution >= 4 is 16.6 Å². The molecule has 122 valence electrons. The highest BCUT2D eigenvalue weighted by atomic mass is 16.5. The summed E-state index contributed by atoms with van der Waals surface area (Å²) < 4.78 is 5.50. The molecular formula is C19H25N3O. The lowest BCUT2D eigenvalue weighted by molar-refractivity contribution is 0.0209. The van der Waals surface area contributed by atoms with Gasteiger partial charge in [0, 0.05) is 49.0 Å². The van der Waals surface area contributed by atoms with Gasteiger partial charge in [0.2, 0.25) is 0 Å². The van der Waals surface area contributed by atoms with Crippen molar-refractivity contribution in [2.75, 3.05) is 44.3 Å². The fourth-order valence-electron chi connectivity index (χ4n) is 3.85. The zero-order chi connectivity index (χ0) is 15.6. The number of aryl methyl sites for hydroxylation is 1. The van der Waals surface area contributed by atoms with Crippen molar-refractivity contribution in [1.82, 2.24) is 9.88 Å². The summed E-state index contributed by atoms with van der Waals surface area (Å²) in [6.07, 6.45) is 2.23. The Labute approximate surface area is 138 Å². The van der Waals surface area contributed by atoms with E-state index in [1.54, 1.807) is 0 Å². The Morgan fingerprint density at radius 1 is 1.17 bits per heavy atom. The Bertz CT molecular complexity index is 681. The van der Waals surface area contributed by atoms with Crippen molar-refractivity contribution in [3.63, 3.8) is 0 Å². The first kappa shape index (κ1) is 14.9. The largest absolute Gasteiger partial charge is 0.379 e. The molecule has 2 fully saturated rings. The summed E-state index contributed by atoms with van der Waals surface area (Å²) in [5.74, 6) is 0. The second-order valence-corrected chi connectivity index (χ2v) is 6.54. The van der Waals surface area contributed by atoms with Crippen LogP contribution < -0.4 is 4.90 Å².